The Balaban J connectivity index is 1.94. The van der Waals surface area contributed by atoms with E-state index in [1.54, 1.807) is 32.3 Å². The minimum absolute atomic E-state index is 0.114. The number of thioether (sulfide) groups is 1. The molecule has 25 heavy (non-hydrogen) atoms. The predicted octanol–water partition coefficient (Wildman–Crippen LogP) is 3.83. The van der Waals surface area contributed by atoms with Crippen LogP contribution in [-0.2, 0) is 4.79 Å². The molecule has 1 N–H and O–H groups in total. The highest BCUT2D eigenvalue weighted by molar-refractivity contribution is 8.18. The van der Waals surface area contributed by atoms with Crippen molar-refractivity contribution in [1.29, 1.82) is 0 Å². The van der Waals surface area contributed by atoms with Crippen molar-refractivity contribution in [2.24, 2.45) is 4.99 Å². The summed E-state index contributed by atoms with van der Waals surface area (Å²) in [6.45, 7) is 0. The fraction of sp³-hybridized carbons (Fsp3) is 0.118. The molecule has 1 amide bonds. The Hall–Kier alpha value is -2.51. The van der Waals surface area contributed by atoms with Crippen LogP contribution in [0.15, 0.2) is 44.6 Å². The molecule has 1 aromatic heterocycles. The fourth-order valence-electron chi connectivity index (χ4n) is 2.30. The third kappa shape index (κ3) is 3.33. The van der Waals surface area contributed by atoms with Gasteiger partial charge in [-0.15, -0.1) is 0 Å². The number of hydrogen-bond acceptors (Lipinski definition) is 5. The summed E-state index contributed by atoms with van der Waals surface area (Å²) in [5.41, 5.74) is 0.590. The maximum absolute atomic E-state index is 12.2. The maximum Gasteiger partial charge on any atom is 0.335 e. The number of carbonyl (C=O) groups is 2. The Labute approximate surface area is 152 Å². The van der Waals surface area contributed by atoms with Crippen LogP contribution in [0.5, 0.6) is 0 Å². The molecule has 2 heterocycles. The number of rotatable bonds is 3. The van der Waals surface area contributed by atoms with Gasteiger partial charge in [0.1, 0.15) is 11.5 Å². The summed E-state index contributed by atoms with van der Waals surface area (Å²) in [5.74, 6) is -0.315. The highest BCUT2D eigenvalue weighted by Gasteiger charge is 2.30. The van der Waals surface area contributed by atoms with Crippen molar-refractivity contribution in [3.8, 4) is 11.3 Å². The van der Waals surface area contributed by atoms with Crippen molar-refractivity contribution in [3.05, 3.63) is 51.6 Å². The number of carbonyl (C=O) groups excluding carboxylic acids is 1. The number of halogens is 1. The van der Waals surface area contributed by atoms with Gasteiger partial charge in [-0.2, -0.15) is 0 Å². The topological polar surface area (TPSA) is 83.1 Å². The van der Waals surface area contributed by atoms with Gasteiger partial charge < -0.3 is 9.52 Å². The standard InChI is InChI=1S/C17H13ClN2O4S/c1-19-17-20(2)15(21)14(25-17)8-10-4-6-13(24-10)11-7-9(16(22)23)3-5-12(11)18/h3-8H,1-2H3,(H,22,23)/b14-8-,19-17?. The molecule has 128 valence electrons. The minimum atomic E-state index is -1.05. The van der Waals surface area contributed by atoms with Gasteiger partial charge in [0.15, 0.2) is 5.17 Å². The highest BCUT2D eigenvalue weighted by atomic mass is 35.5. The van der Waals surface area contributed by atoms with Gasteiger partial charge >= 0.3 is 5.97 Å². The van der Waals surface area contributed by atoms with Crippen molar-refractivity contribution in [2.75, 3.05) is 14.1 Å². The molecule has 0 radical (unpaired) electrons. The lowest BCUT2D eigenvalue weighted by atomic mass is 10.1. The Kier molecular flexibility index (Phi) is 4.69. The average Bonchev–Trinajstić information content (AvgIpc) is 3.15. The largest absolute Gasteiger partial charge is 0.478 e. The van der Waals surface area contributed by atoms with E-state index >= 15 is 0 Å². The van der Waals surface area contributed by atoms with Gasteiger partial charge in [-0.05, 0) is 42.1 Å². The van der Waals surface area contributed by atoms with Crippen molar-refractivity contribution in [3.63, 3.8) is 0 Å². The lowest BCUT2D eigenvalue weighted by molar-refractivity contribution is -0.121. The Morgan fingerprint density at radius 3 is 2.76 bits per heavy atom. The molecule has 3 rings (SSSR count). The zero-order valence-corrected chi connectivity index (χ0v) is 14.9. The van der Waals surface area contributed by atoms with Gasteiger partial charge in [-0.3, -0.25) is 14.7 Å². The second-order valence-corrected chi connectivity index (χ2v) is 6.60. The molecule has 2 aromatic rings. The molecule has 0 atom stereocenters. The molecule has 1 aliphatic rings. The zero-order valence-electron chi connectivity index (χ0n) is 13.3. The molecule has 6 nitrogen and oxygen atoms in total. The van der Waals surface area contributed by atoms with Crippen LogP contribution in [0.4, 0.5) is 0 Å². The Morgan fingerprint density at radius 2 is 2.12 bits per heavy atom. The van der Waals surface area contributed by atoms with E-state index in [0.29, 0.717) is 32.2 Å². The summed E-state index contributed by atoms with van der Waals surface area (Å²) < 4.78 is 5.72. The summed E-state index contributed by atoms with van der Waals surface area (Å²) in [6.07, 6.45) is 1.63. The zero-order chi connectivity index (χ0) is 18.1. The van der Waals surface area contributed by atoms with Crippen LogP contribution in [0.1, 0.15) is 16.1 Å². The summed E-state index contributed by atoms with van der Waals surface area (Å²) in [5, 5.41) is 10.1. The molecule has 1 fully saturated rings. The van der Waals surface area contributed by atoms with E-state index < -0.39 is 5.97 Å². The number of amides is 1. The molecule has 0 unspecified atom stereocenters. The number of amidine groups is 1. The normalized spacial score (nSPS) is 17.7. The first-order valence-corrected chi connectivity index (χ1v) is 8.37. The van der Waals surface area contributed by atoms with E-state index in [9.17, 15) is 9.59 Å². The van der Waals surface area contributed by atoms with Crippen molar-refractivity contribution in [2.45, 2.75) is 0 Å². The molecule has 8 heteroatoms. The van der Waals surface area contributed by atoms with Gasteiger partial charge in [0.2, 0.25) is 0 Å². The van der Waals surface area contributed by atoms with E-state index in [1.807, 2.05) is 0 Å². The second-order valence-electron chi connectivity index (χ2n) is 5.18. The molecule has 1 aliphatic heterocycles. The molecule has 0 aliphatic carbocycles. The predicted molar refractivity (Wildman–Crippen MR) is 97.8 cm³/mol. The maximum atomic E-state index is 12.2. The molecule has 0 spiro atoms. The number of carboxylic acid groups (broad SMARTS) is 1. The van der Waals surface area contributed by atoms with Crippen LogP contribution in [0, 0.1) is 0 Å². The number of benzene rings is 1. The quantitative estimate of drug-likeness (QED) is 0.823. The van der Waals surface area contributed by atoms with Crippen LogP contribution in [0.25, 0.3) is 17.4 Å². The van der Waals surface area contributed by atoms with Gasteiger partial charge in [0.25, 0.3) is 5.91 Å². The smallest absolute Gasteiger partial charge is 0.335 e. The molecule has 0 bridgehead atoms. The first-order chi connectivity index (χ1) is 11.9. The minimum Gasteiger partial charge on any atom is -0.478 e. The second kappa shape index (κ2) is 6.78. The van der Waals surface area contributed by atoms with Gasteiger partial charge in [-0.25, -0.2) is 4.79 Å². The van der Waals surface area contributed by atoms with E-state index in [0.717, 1.165) is 0 Å². The van der Waals surface area contributed by atoms with E-state index in [-0.39, 0.29) is 11.5 Å². The Bertz CT molecular complexity index is 932. The first kappa shape index (κ1) is 17.3. The van der Waals surface area contributed by atoms with E-state index in [4.69, 9.17) is 21.1 Å². The number of aromatic carboxylic acids is 1. The number of carboxylic acids is 1. The highest BCUT2D eigenvalue weighted by Crippen LogP contribution is 2.34. The first-order valence-electron chi connectivity index (χ1n) is 7.18. The molecule has 1 saturated heterocycles. The van der Waals surface area contributed by atoms with Crippen LogP contribution in [-0.4, -0.2) is 41.1 Å². The summed E-state index contributed by atoms with van der Waals surface area (Å²) in [4.78, 5) is 29.3. The average molecular weight is 377 g/mol. The van der Waals surface area contributed by atoms with Crippen LogP contribution >= 0.6 is 23.4 Å². The third-order valence-electron chi connectivity index (χ3n) is 3.57. The van der Waals surface area contributed by atoms with Crippen molar-refractivity contribution < 1.29 is 19.1 Å². The lowest BCUT2D eigenvalue weighted by Crippen LogP contribution is -2.23. The summed E-state index contributed by atoms with van der Waals surface area (Å²) in [7, 11) is 3.28. The molecular weight excluding hydrogens is 364 g/mol. The van der Waals surface area contributed by atoms with Gasteiger partial charge in [-0.1, -0.05) is 11.6 Å². The molecular formula is C17H13ClN2O4S. The van der Waals surface area contributed by atoms with Crippen molar-refractivity contribution >= 4 is 46.5 Å². The molecule has 0 saturated carbocycles. The summed E-state index contributed by atoms with van der Waals surface area (Å²) in [6, 6.07) is 7.76. The number of nitrogens with zero attached hydrogens (tertiary/aromatic N) is 2. The number of aliphatic imine (C=N–C) groups is 1. The number of likely N-dealkylation sites (N-methyl/N-ethyl adjacent to an activating group) is 1. The van der Waals surface area contributed by atoms with Gasteiger partial charge in [0.05, 0.1) is 15.5 Å². The van der Waals surface area contributed by atoms with E-state index in [2.05, 4.69) is 4.99 Å². The van der Waals surface area contributed by atoms with Gasteiger partial charge in [0, 0.05) is 25.7 Å². The van der Waals surface area contributed by atoms with Crippen LogP contribution in [0.2, 0.25) is 5.02 Å². The number of furan rings is 1. The molecule has 1 aromatic carbocycles. The summed E-state index contributed by atoms with van der Waals surface area (Å²) >= 11 is 7.41. The lowest BCUT2D eigenvalue weighted by Gasteiger charge is -2.04. The van der Waals surface area contributed by atoms with E-state index in [1.165, 1.54) is 34.9 Å². The van der Waals surface area contributed by atoms with Crippen molar-refractivity contribution in [1.82, 2.24) is 4.90 Å². The number of hydrogen-bond donors (Lipinski definition) is 1. The Morgan fingerprint density at radius 1 is 1.36 bits per heavy atom. The SMILES string of the molecule is CN=C1S/C(=C\c2ccc(-c3cc(C(=O)O)ccc3Cl)o2)C(=O)N1C. The van der Waals surface area contributed by atoms with Crippen LogP contribution in [0.3, 0.4) is 0 Å². The fourth-order valence-corrected chi connectivity index (χ4v) is 3.42. The third-order valence-corrected chi connectivity index (χ3v) is 5.05. The monoisotopic (exact) mass is 376 g/mol. The van der Waals surface area contributed by atoms with Crippen LogP contribution < -0.4 is 0 Å².